The van der Waals surface area contributed by atoms with Crippen molar-refractivity contribution in [2.45, 2.75) is 0 Å². The Balaban J connectivity index is 2.18. The van der Waals surface area contributed by atoms with Crippen molar-refractivity contribution in [3.05, 3.63) is 46.6 Å². The summed E-state index contributed by atoms with van der Waals surface area (Å²) in [5.41, 5.74) is 1.91. The van der Waals surface area contributed by atoms with Gasteiger partial charge in [-0.05, 0) is 30.3 Å². The van der Waals surface area contributed by atoms with Crippen LogP contribution in [0, 0.1) is 0 Å². The molecule has 0 aliphatic carbocycles. The maximum atomic E-state index is 5.91. The summed E-state index contributed by atoms with van der Waals surface area (Å²) in [7, 11) is 0. The summed E-state index contributed by atoms with van der Waals surface area (Å²) in [5.74, 6) is 0.484. The third-order valence-electron chi connectivity index (χ3n) is 2.29. The second-order valence-corrected chi connectivity index (χ2v) is 4.31. The van der Waals surface area contributed by atoms with E-state index >= 15 is 0 Å². The fourth-order valence-electron chi connectivity index (χ4n) is 1.54. The van der Waals surface area contributed by atoms with Crippen LogP contribution in [0.5, 0.6) is 0 Å². The zero-order chi connectivity index (χ0) is 11.8. The molecule has 17 heavy (non-hydrogen) atoms. The van der Waals surface area contributed by atoms with E-state index < -0.39 is 0 Å². The minimum Gasteiger partial charge on any atom is -0.418 e. The quantitative estimate of drug-likeness (QED) is 0.619. The second-order valence-electron chi connectivity index (χ2n) is 3.49. The van der Waals surface area contributed by atoms with E-state index in [1.807, 2.05) is 12.1 Å². The molecule has 0 unspecified atom stereocenters. The monoisotopic (exact) mass is 264 g/mol. The standard InChI is InChI=1S/C12H6Cl2N2O/c13-8-3-1-2-7(6-8)11-15-9-4-5-10(14)16-12(9)17-11/h1-6H. The second kappa shape index (κ2) is 4.02. The van der Waals surface area contributed by atoms with Crippen LogP contribution in [0.4, 0.5) is 0 Å². The number of benzene rings is 1. The average molecular weight is 265 g/mol. The molecule has 0 spiro atoms. The van der Waals surface area contributed by atoms with Gasteiger partial charge >= 0.3 is 0 Å². The molecule has 0 fully saturated rings. The molecular formula is C12H6Cl2N2O. The van der Waals surface area contributed by atoms with Crippen molar-refractivity contribution in [2.24, 2.45) is 0 Å². The van der Waals surface area contributed by atoms with Crippen molar-refractivity contribution >= 4 is 34.4 Å². The molecule has 3 rings (SSSR count). The topological polar surface area (TPSA) is 38.9 Å². The summed E-state index contributed by atoms with van der Waals surface area (Å²) < 4.78 is 5.52. The highest BCUT2D eigenvalue weighted by molar-refractivity contribution is 6.30. The largest absolute Gasteiger partial charge is 0.418 e. The summed E-state index contributed by atoms with van der Waals surface area (Å²) in [4.78, 5) is 8.37. The van der Waals surface area contributed by atoms with Gasteiger partial charge in [0, 0.05) is 10.6 Å². The molecule has 0 radical (unpaired) electrons. The van der Waals surface area contributed by atoms with E-state index in [1.54, 1.807) is 24.3 Å². The van der Waals surface area contributed by atoms with Gasteiger partial charge in [-0.15, -0.1) is 0 Å². The third-order valence-corrected chi connectivity index (χ3v) is 2.74. The van der Waals surface area contributed by atoms with Gasteiger partial charge in [-0.3, -0.25) is 0 Å². The van der Waals surface area contributed by atoms with Crippen LogP contribution in [0.1, 0.15) is 0 Å². The number of halogens is 2. The first-order valence-corrected chi connectivity index (χ1v) is 5.67. The maximum absolute atomic E-state index is 5.91. The van der Waals surface area contributed by atoms with E-state index in [2.05, 4.69) is 9.97 Å². The zero-order valence-corrected chi connectivity index (χ0v) is 10.0. The van der Waals surface area contributed by atoms with Crippen molar-refractivity contribution in [1.29, 1.82) is 0 Å². The number of fused-ring (bicyclic) bond motifs is 1. The fourth-order valence-corrected chi connectivity index (χ4v) is 1.87. The molecular weight excluding hydrogens is 259 g/mol. The summed E-state index contributed by atoms with van der Waals surface area (Å²) in [6.45, 7) is 0. The average Bonchev–Trinajstić information content (AvgIpc) is 2.72. The molecule has 3 aromatic rings. The van der Waals surface area contributed by atoms with Gasteiger partial charge in [0.25, 0.3) is 0 Å². The molecule has 2 heterocycles. The smallest absolute Gasteiger partial charge is 0.248 e. The first kappa shape index (κ1) is 10.6. The number of pyridine rings is 1. The van der Waals surface area contributed by atoms with E-state index in [4.69, 9.17) is 27.6 Å². The lowest BCUT2D eigenvalue weighted by Crippen LogP contribution is -1.76. The number of nitrogens with zero attached hydrogens (tertiary/aromatic N) is 2. The van der Waals surface area contributed by atoms with Gasteiger partial charge < -0.3 is 4.42 Å². The van der Waals surface area contributed by atoms with Crippen LogP contribution in [0.25, 0.3) is 22.7 Å². The number of rotatable bonds is 1. The molecule has 0 amide bonds. The van der Waals surface area contributed by atoms with Crippen LogP contribution in [0.15, 0.2) is 40.8 Å². The molecule has 0 atom stereocenters. The SMILES string of the molecule is Clc1cccc(-c2nc3ccc(Cl)nc3o2)c1. The predicted octanol–water partition coefficient (Wildman–Crippen LogP) is 4.20. The first-order valence-electron chi connectivity index (χ1n) is 4.91. The Morgan fingerprint density at radius 2 is 1.88 bits per heavy atom. The van der Waals surface area contributed by atoms with Crippen molar-refractivity contribution in [2.75, 3.05) is 0 Å². The Labute approximate surface area is 107 Å². The molecule has 0 bridgehead atoms. The van der Waals surface area contributed by atoms with Crippen molar-refractivity contribution in [3.63, 3.8) is 0 Å². The predicted molar refractivity (Wildman–Crippen MR) is 67.3 cm³/mol. The number of hydrogen-bond donors (Lipinski definition) is 0. The fraction of sp³-hybridized carbons (Fsp3) is 0. The molecule has 1 aromatic carbocycles. The van der Waals surface area contributed by atoms with Crippen molar-refractivity contribution < 1.29 is 4.42 Å². The Kier molecular flexibility index (Phi) is 2.50. The zero-order valence-electron chi connectivity index (χ0n) is 8.52. The minimum atomic E-state index is 0.381. The van der Waals surface area contributed by atoms with Crippen LogP contribution < -0.4 is 0 Å². The molecule has 0 N–H and O–H groups in total. The number of oxazole rings is 1. The van der Waals surface area contributed by atoms with Crippen molar-refractivity contribution in [1.82, 2.24) is 9.97 Å². The summed E-state index contributed by atoms with van der Waals surface area (Å²) >= 11 is 11.7. The molecule has 2 aromatic heterocycles. The molecule has 3 nitrogen and oxygen atoms in total. The van der Waals surface area contributed by atoms with E-state index in [0.717, 1.165) is 5.56 Å². The number of aromatic nitrogens is 2. The lowest BCUT2D eigenvalue weighted by Gasteiger charge is -1.94. The summed E-state index contributed by atoms with van der Waals surface area (Å²) in [6, 6.07) is 10.7. The van der Waals surface area contributed by atoms with Crippen LogP contribution in [0.2, 0.25) is 10.2 Å². The molecule has 0 aliphatic rings. The van der Waals surface area contributed by atoms with E-state index in [-0.39, 0.29) is 0 Å². The van der Waals surface area contributed by atoms with Gasteiger partial charge in [0.15, 0.2) is 0 Å². The van der Waals surface area contributed by atoms with E-state index in [1.165, 1.54) is 0 Å². The highest BCUT2D eigenvalue weighted by atomic mass is 35.5. The lowest BCUT2D eigenvalue weighted by atomic mass is 10.2. The summed E-state index contributed by atoms with van der Waals surface area (Å²) in [5, 5.41) is 1.02. The maximum Gasteiger partial charge on any atom is 0.248 e. The van der Waals surface area contributed by atoms with E-state index in [9.17, 15) is 0 Å². The first-order chi connectivity index (χ1) is 8.22. The van der Waals surface area contributed by atoms with Gasteiger partial charge in [-0.25, -0.2) is 4.98 Å². The molecule has 5 heteroatoms. The van der Waals surface area contributed by atoms with Crippen molar-refractivity contribution in [3.8, 4) is 11.5 Å². The highest BCUT2D eigenvalue weighted by Crippen LogP contribution is 2.25. The molecule has 0 saturated carbocycles. The molecule has 84 valence electrons. The number of hydrogen-bond acceptors (Lipinski definition) is 3. The Hall–Kier alpha value is -1.58. The Morgan fingerprint density at radius 3 is 2.71 bits per heavy atom. The van der Waals surface area contributed by atoms with Gasteiger partial charge in [0.1, 0.15) is 10.7 Å². The summed E-state index contributed by atoms with van der Waals surface area (Å²) in [6.07, 6.45) is 0. The van der Waals surface area contributed by atoms with Gasteiger partial charge in [0.05, 0.1) is 0 Å². The van der Waals surface area contributed by atoms with Gasteiger partial charge in [0.2, 0.25) is 11.6 Å². The third kappa shape index (κ3) is 1.99. The normalized spacial score (nSPS) is 10.9. The van der Waals surface area contributed by atoms with Gasteiger partial charge in [-0.2, -0.15) is 4.98 Å². The minimum absolute atomic E-state index is 0.381. The highest BCUT2D eigenvalue weighted by Gasteiger charge is 2.09. The van der Waals surface area contributed by atoms with Crippen LogP contribution >= 0.6 is 23.2 Å². The van der Waals surface area contributed by atoms with Crippen LogP contribution in [-0.4, -0.2) is 9.97 Å². The van der Waals surface area contributed by atoms with Gasteiger partial charge in [-0.1, -0.05) is 29.3 Å². The molecule has 0 saturated heterocycles. The van der Waals surface area contributed by atoms with E-state index in [0.29, 0.717) is 27.3 Å². The lowest BCUT2D eigenvalue weighted by molar-refractivity contribution is 0.608. The van der Waals surface area contributed by atoms with Crippen LogP contribution in [-0.2, 0) is 0 Å². The van der Waals surface area contributed by atoms with Crippen LogP contribution in [0.3, 0.4) is 0 Å². The Bertz CT molecular complexity index is 694. The molecule has 0 aliphatic heterocycles. The Morgan fingerprint density at radius 1 is 1.00 bits per heavy atom.